The summed E-state index contributed by atoms with van der Waals surface area (Å²) in [6, 6.07) is 0.683. The Labute approximate surface area is 276 Å². The van der Waals surface area contributed by atoms with E-state index in [1.807, 2.05) is 41.5 Å². The first-order valence-electron chi connectivity index (χ1n) is 18.1. The van der Waals surface area contributed by atoms with Crippen molar-refractivity contribution in [3.05, 3.63) is 20.9 Å². The normalized spacial score (nSPS) is 24.3. The lowest BCUT2D eigenvalue weighted by Gasteiger charge is -2.40. The van der Waals surface area contributed by atoms with Gasteiger partial charge in [-0.1, -0.05) is 113 Å². The molecule has 1 fully saturated rings. The molecule has 0 aliphatic carbocycles. The molecular formula is C32H66N6O5Si2. The van der Waals surface area contributed by atoms with E-state index in [2.05, 4.69) is 27.0 Å². The fourth-order valence-corrected chi connectivity index (χ4v) is 14.2. The maximum Gasteiger partial charge on any atom is 0.503 e. The van der Waals surface area contributed by atoms with Gasteiger partial charge in [-0.25, -0.2) is 0 Å². The summed E-state index contributed by atoms with van der Waals surface area (Å²) in [5.74, 6) is 0. The Morgan fingerprint density at radius 2 is 1.18 bits per heavy atom. The molecule has 5 unspecified atom stereocenters. The Kier molecular flexibility index (Phi) is 23.2. The van der Waals surface area contributed by atoms with Crippen LogP contribution < -0.4 is 0 Å². The first kappa shape index (κ1) is 41.9. The average molecular weight is 671 g/mol. The lowest BCUT2D eigenvalue weighted by atomic mass is 10.1. The van der Waals surface area contributed by atoms with Crippen LogP contribution in [0.2, 0.25) is 6.04 Å². The van der Waals surface area contributed by atoms with E-state index in [0.717, 1.165) is 44.9 Å². The highest BCUT2D eigenvalue weighted by molar-refractivity contribution is 6.76. The van der Waals surface area contributed by atoms with Crippen molar-refractivity contribution >= 4 is 17.6 Å². The minimum atomic E-state index is -3.58. The van der Waals surface area contributed by atoms with Crippen LogP contribution in [0.3, 0.4) is 0 Å². The zero-order chi connectivity index (χ0) is 33.4. The molecule has 0 aromatic rings. The zero-order valence-electron chi connectivity index (χ0n) is 29.8. The van der Waals surface area contributed by atoms with Crippen molar-refractivity contribution in [1.82, 2.24) is 0 Å². The van der Waals surface area contributed by atoms with Crippen molar-refractivity contribution in [3.63, 3.8) is 0 Å². The largest absolute Gasteiger partial charge is 0.503 e. The highest BCUT2D eigenvalue weighted by Crippen LogP contribution is 2.37. The molecule has 0 spiro atoms. The van der Waals surface area contributed by atoms with E-state index in [4.69, 9.17) is 27.4 Å². The number of hydrogen-bond acceptors (Lipinski definition) is 7. The second-order valence-electron chi connectivity index (χ2n) is 13.2. The van der Waals surface area contributed by atoms with E-state index >= 15 is 0 Å². The molecule has 0 bridgehead atoms. The van der Waals surface area contributed by atoms with E-state index in [1.165, 1.54) is 64.2 Å². The third-order valence-electron chi connectivity index (χ3n) is 8.22. The van der Waals surface area contributed by atoms with Crippen LogP contribution in [0.5, 0.6) is 0 Å². The molecular weight excluding hydrogens is 605 g/mol. The second-order valence-corrected chi connectivity index (χ2v) is 18.7. The molecule has 0 saturated carbocycles. The van der Waals surface area contributed by atoms with Crippen molar-refractivity contribution in [1.29, 1.82) is 0 Å². The molecule has 13 heteroatoms. The standard InChI is InChI=1S/C32H66N6O5Si2/c1-8-9-10-11-12-16-19-22-25-32(36-38-34)45(40-29(4)5)42-31(7)30(6)41-44(43-45,39-28(2)3)27-24-21-18-15-13-14-17-20-23-26-35-37-33/h28-32H,8-27H2,1-7H3. The maximum absolute atomic E-state index is 9.67. The van der Waals surface area contributed by atoms with Gasteiger partial charge in [0.25, 0.3) is 0 Å². The molecule has 1 heterocycles. The Morgan fingerprint density at radius 3 is 1.71 bits per heavy atom. The third kappa shape index (κ3) is 18.1. The minimum Gasteiger partial charge on any atom is -0.371 e. The van der Waals surface area contributed by atoms with Crippen LogP contribution >= 0.6 is 0 Å². The Morgan fingerprint density at radius 1 is 0.667 bits per heavy atom. The molecule has 0 aromatic heterocycles. The first-order chi connectivity index (χ1) is 21.6. The van der Waals surface area contributed by atoms with Gasteiger partial charge < -0.3 is 21.8 Å². The van der Waals surface area contributed by atoms with Crippen LogP contribution in [-0.4, -0.2) is 54.2 Å². The fraction of sp³-hybridized carbons (Fsp3) is 1.00. The lowest BCUT2D eigenvalue weighted by molar-refractivity contribution is 0.0219. The van der Waals surface area contributed by atoms with Crippen molar-refractivity contribution < 1.29 is 21.8 Å². The molecule has 0 aromatic carbocycles. The van der Waals surface area contributed by atoms with Crippen molar-refractivity contribution in [2.45, 2.75) is 200 Å². The Hall–Kier alpha value is -1.15. The highest BCUT2D eigenvalue weighted by atomic mass is 28.5. The van der Waals surface area contributed by atoms with Crippen LogP contribution in [0.15, 0.2) is 10.2 Å². The monoisotopic (exact) mass is 670 g/mol. The summed E-state index contributed by atoms with van der Waals surface area (Å²) in [6.07, 6.45) is 19.5. The third-order valence-corrected chi connectivity index (χ3v) is 15.9. The van der Waals surface area contributed by atoms with Crippen LogP contribution in [0.25, 0.3) is 20.9 Å². The summed E-state index contributed by atoms with van der Waals surface area (Å²) < 4.78 is 33.8. The molecule has 262 valence electrons. The summed E-state index contributed by atoms with van der Waals surface area (Å²) in [5.41, 5.74) is 17.5. The number of hydrogen-bond donors (Lipinski definition) is 0. The van der Waals surface area contributed by atoms with E-state index in [9.17, 15) is 5.53 Å². The van der Waals surface area contributed by atoms with E-state index in [-0.39, 0.29) is 24.4 Å². The maximum atomic E-state index is 9.67. The second kappa shape index (κ2) is 24.9. The van der Waals surface area contributed by atoms with Gasteiger partial charge in [0.15, 0.2) is 0 Å². The molecule has 11 nitrogen and oxygen atoms in total. The molecule has 1 aliphatic rings. The quantitative estimate of drug-likeness (QED) is 0.0281. The van der Waals surface area contributed by atoms with Gasteiger partial charge in [-0.15, -0.1) is 0 Å². The topological polar surface area (TPSA) is 144 Å². The predicted octanol–water partition coefficient (Wildman–Crippen LogP) is 11.1. The lowest BCUT2D eigenvalue weighted by Crippen LogP contribution is -2.64. The van der Waals surface area contributed by atoms with Crippen LogP contribution in [0.4, 0.5) is 0 Å². The smallest absolute Gasteiger partial charge is 0.371 e. The summed E-state index contributed by atoms with van der Waals surface area (Å²) in [5, 5.41) is 7.91. The van der Waals surface area contributed by atoms with Gasteiger partial charge in [0.1, 0.15) is 5.67 Å². The van der Waals surface area contributed by atoms with Crippen molar-refractivity contribution in [2.24, 2.45) is 10.2 Å². The molecule has 0 radical (unpaired) electrons. The summed E-state index contributed by atoms with van der Waals surface area (Å²) in [4.78, 5) is 6.08. The molecule has 0 amide bonds. The van der Waals surface area contributed by atoms with Gasteiger partial charge in [0.05, 0.1) is 12.2 Å². The number of azide groups is 2. The van der Waals surface area contributed by atoms with Gasteiger partial charge in [-0.05, 0) is 71.9 Å². The van der Waals surface area contributed by atoms with Crippen LogP contribution in [-0.2, 0) is 21.8 Å². The summed E-state index contributed by atoms with van der Waals surface area (Å²) in [7, 11) is -6.85. The van der Waals surface area contributed by atoms with Crippen LogP contribution in [0.1, 0.15) is 164 Å². The Bertz CT molecular complexity index is 862. The average Bonchev–Trinajstić information content (AvgIpc) is 3.07. The summed E-state index contributed by atoms with van der Waals surface area (Å²) >= 11 is 0. The number of rotatable bonds is 27. The van der Waals surface area contributed by atoms with Crippen LogP contribution in [0, 0.1) is 0 Å². The molecule has 1 saturated heterocycles. The molecule has 1 aliphatic heterocycles. The van der Waals surface area contributed by atoms with Gasteiger partial charge in [0.2, 0.25) is 0 Å². The molecule has 5 atom stereocenters. The Balaban J connectivity index is 2.97. The van der Waals surface area contributed by atoms with E-state index in [0.29, 0.717) is 19.0 Å². The highest BCUT2D eigenvalue weighted by Gasteiger charge is 2.62. The molecule has 1 rings (SSSR count). The van der Waals surface area contributed by atoms with Gasteiger partial charge in [-0.3, -0.25) is 0 Å². The first-order valence-corrected chi connectivity index (χ1v) is 21.8. The molecule has 0 N–H and O–H groups in total. The van der Waals surface area contributed by atoms with Gasteiger partial charge in [0, 0.05) is 34.6 Å². The zero-order valence-corrected chi connectivity index (χ0v) is 31.8. The number of nitrogens with zero attached hydrogens (tertiary/aromatic N) is 6. The number of unbranched alkanes of at least 4 members (excludes halogenated alkanes) is 15. The molecule has 45 heavy (non-hydrogen) atoms. The van der Waals surface area contributed by atoms with Gasteiger partial charge >= 0.3 is 17.6 Å². The van der Waals surface area contributed by atoms with E-state index in [1.54, 1.807) is 0 Å². The fourth-order valence-electron chi connectivity index (χ4n) is 5.83. The minimum absolute atomic E-state index is 0.0903. The van der Waals surface area contributed by atoms with E-state index < -0.39 is 23.3 Å². The van der Waals surface area contributed by atoms with Crippen molar-refractivity contribution in [2.75, 3.05) is 6.54 Å². The predicted molar refractivity (Wildman–Crippen MR) is 187 cm³/mol. The summed E-state index contributed by atoms with van der Waals surface area (Å²) in [6.45, 7) is 14.9. The SMILES string of the molecule is CCCCCCCCCCC(N=[N+]=[N-])[Si]1(OC(C)C)OC(C)C(C)O[Si](CCCCCCCCCCCN=[N+]=[N-])(OC(C)C)O1. The van der Waals surface area contributed by atoms with Gasteiger partial charge in [-0.2, -0.15) is 0 Å². The van der Waals surface area contributed by atoms with Crippen molar-refractivity contribution in [3.8, 4) is 0 Å².